The van der Waals surface area contributed by atoms with Crippen molar-refractivity contribution in [2.24, 2.45) is 0 Å². The van der Waals surface area contributed by atoms with E-state index in [9.17, 15) is 4.79 Å². The maximum atomic E-state index is 12.2. The molecule has 0 unspecified atom stereocenters. The molecule has 1 N–H and O–H groups in total. The molecule has 1 heterocycles. The fraction of sp³-hybridized carbons (Fsp3) is 0.158. The molecule has 3 rings (SSSR count). The van der Waals surface area contributed by atoms with Crippen LogP contribution in [0, 0.1) is 13.8 Å². The predicted molar refractivity (Wildman–Crippen MR) is 110 cm³/mol. The molecule has 0 fully saturated rings. The molecule has 1 aromatic heterocycles. The number of thiazole rings is 1. The second-order valence-corrected chi connectivity index (χ2v) is 8.23. The van der Waals surface area contributed by atoms with Crippen molar-refractivity contribution < 1.29 is 9.53 Å². The number of carbonyl (C=O) groups excluding carboxylic acids is 1. The van der Waals surface area contributed by atoms with Crippen LogP contribution in [0.2, 0.25) is 5.02 Å². The third-order valence-corrected chi connectivity index (χ3v) is 5.31. The van der Waals surface area contributed by atoms with Gasteiger partial charge >= 0.3 is 0 Å². The summed E-state index contributed by atoms with van der Waals surface area (Å²) in [6.07, 6.45) is 0. The Kier molecular flexibility index (Phi) is 5.96. The highest BCUT2D eigenvalue weighted by atomic mass is 79.9. The number of halogens is 2. The summed E-state index contributed by atoms with van der Waals surface area (Å²) < 4.78 is 6.57. The molecule has 2 aromatic carbocycles. The molecule has 0 radical (unpaired) electrons. The molecule has 1 amide bonds. The Balaban J connectivity index is 1.64. The summed E-state index contributed by atoms with van der Waals surface area (Å²) >= 11 is 10.8. The van der Waals surface area contributed by atoms with Gasteiger partial charge in [-0.2, -0.15) is 0 Å². The summed E-state index contributed by atoms with van der Waals surface area (Å²) in [5.41, 5.74) is 2.76. The van der Waals surface area contributed by atoms with Crippen LogP contribution in [-0.2, 0) is 4.79 Å². The van der Waals surface area contributed by atoms with Crippen molar-refractivity contribution in [2.45, 2.75) is 13.8 Å². The van der Waals surface area contributed by atoms with Gasteiger partial charge in [0.15, 0.2) is 11.7 Å². The molecular formula is C19H16BrClN2O2S. The van der Waals surface area contributed by atoms with E-state index in [4.69, 9.17) is 16.3 Å². The largest absolute Gasteiger partial charge is 0.483 e. The van der Waals surface area contributed by atoms with Gasteiger partial charge in [-0.05, 0) is 49.7 Å². The number of carbonyl (C=O) groups is 1. The van der Waals surface area contributed by atoms with Crippen LogP contribution in [0.1, 0.15) is 10.4 Å². The minimum absolute atomic E-state index is 0.0886. The molecule has 7 heteroatoms. The Morgan fingerprint density at radius 2 is 1.96 bits per heavy atom. The first kappa shape index (κ1) is 18.9. The van der Waals surface area contributed by atoms with E-state index >= 15 is 0 Å². The van der Waals surface area contributed by atoms with Gasteiger partial charge in [-0.25, -0.2) is 4.98 Å². The van der Waals surface area contributed by atoms with Crippen LogP contribution >= 0.6 is 38.9 Å². The van der Waals surface area contributed by atoms with E-state index in [1.807, 2.05) is 38.1 Å². The topological polar surface area (TPSA) is 51.2 Å². The van der Waals surface area contributed by atoms with E-state index in [2.05, 4.69) is 26.2 Å². The SMILES string of the molecule is Cc1cc(Cl)ccc1OCC(=O)Nc1nc(-c2ccc(Br)cc2)c(C)s1. The zero-order valence-corrected chi connectivity index (χ0v) is 17.3. The zero-order valence-electron chi connectivity index (χ0n) is 14.2. The molecule has 0 aliphatic rings. The van der Waals surface area contributed by atoms with E-state index in [1.54, 1.807) is 18.2 Å². The third-order valence-electron chi connectivity index (χ3n) is 3.66. The number of rotatable bonds is 5. The van der Waals surface area contributed by atoms with Gasteiger partial charge in [0.05, 0.1) is 5.69 Å². The van der Waals surface area contributed by atoms with E-state index in [-0.39, 0.29) is 12.5 Å². The fourth-order valence-corrected chi connectivity index (χ4v) is 3.74. The third kappa shape index (κ3) is 4.63. The average Bonchev–Trinajstić information content (AvgIpc) is 2.95. The Morgan fingerprint density at radius 1 is 1.23 bits per heavy atom. The minimum Gasteiger partial charge on any atom is -0.483 e. The van der Waals surface area contributed by atoms with Crippen molar-refractivity contribution in [3.63, 3.8) is 0 Å². The van der Waals surface area contributed by atoms with Gasteiger partial charge in [0.1, 0.15) is 5.75 Å². The van der Waals surface area contributed by atoms with Crippen LogP contribution in [0.15, 0.2) is 46.9 Å². The highest BCUT2D eigenvalue weighted by molar-refractivity contribution is 9.10. The van der Waals surface area contributed by atoms with Gasteiger partial charge in [-0.3, -0.25) is 10.1 Å². The lowest BCUT2D eigenvalue weighted by Gasteiger charge is -2.08. The van der Waals surface area contributed by atoms with Gasteiger partial charge in [0.25, 0.3) is 5.91 Å². The minimum atomic E-state index is -0.254. The van der Waals surface area contributed by atoms with Gasteiger partial charge in [0.2, 0.25) is 0 Å². The maximum Gasteiger partial charge on any atom is 0.264 e. The van der Waals surface area contributed by atoms with Crippen molar-refractivity contribution in [3.05, 3.63) is 62.4 Å². The average molecular weight is 452 g/mol. The van der Waals surface area contributed by atoms with Crippen LogP contribution in [0.5, 0.6) is 5.75 Å². The summed E-state index contributed by atoms with van der Waals surface area (Å²) in [6.45, 7) is 3.78. The standard InChI is InChI=1S/C19H16BrClN2O2S/c1-11-9-15(21)7-8-16(11)25-10-17(24)22-19-23-18(12(2)26-19)13-3-5-14(20)6-4-13/h3-9H,10H2,1-2H3,(H,22,23,24). The highest BCUT2D eigenvalue weighted by Crippen LogP contribution is 2.31. The first-order valence-corrected chi connectivity index (χ1v) is 9.83. The van der Waals surface area contributed by atoms with E-state index < -0.39 is 0 Å². The molecule has 0 spiro atoms. The second kappa shape index (κ2) is 8.20. The van der Waals surface area contributed by atoms with Gasteiger partial charge in [-0.15, -0.1) is 11.3 Å². The number of aromatic nitrogens is 1. The van der Waals surface area contributed by atoms with Crippen molar-refractivity contribution in [3.8, 4) is 17.0 Å². The fourth-order valence-electron chi connectivity index (χ4n) is 2.40. The Bertz CT molecular complexity index is 941. The van der Waals surface area contributed by atoms with Crippen LogP contribution in [0.3, 0.4) is 0 Å². The normalized spacial score (nSPS) is 10.6. The van der Waals surface area contributed by atoms with Crippen LogP contribution in [0.25, 0.3) is 11.3 Å². The van der Waals surface area contributed by atoms with E-state index in [0.29, 0.717) is 15.9 Å². The molecule has 0 aliphatic heterocycles. The van der Waals surface area contributed by atoms with Crippen molar-refractivity contribution in [2.75, 3.05) is 11.9 Å². The number of anilines is 1. The van der Waals surface area contributed by atoms with Crippen LogP contribution in [-0.4, -0.2) is 17.5 Å². The molecular weight excluding hydrogens is 436 g/mol. The number of aryl methyl sites for hydroxylation is 2. The number of benzene rings is 2. The lowest BCUT2D eigenvalue weighted by atomic mass is 10.1. The number of hydrogen-bond acceptors (Lipinski definition) is 4. The van der Waals surface area contributed by atoms with Crippen molar-refractivity contribution in [1.82, 2.24) is 4.98 Å². The summed E-state index contributed by atoms with van der Waals surface area (Å²) in [4.78, 5) is 17.7. The Hall–Kier alpha value is -1.89. The number of nitrogens with zero attached hydrogens (tertiary/aromatic N) is 1. The molecule has 0 bridgehead atoms. The number of ether oxygens (including phenoxy) is 1. The maximum absolute atomic E-state index is 12.2. The summed E-state index contributed by atoms with van der Waals surface area (Å²) in [5, 5.41) is 3.99. The molecule has 0 aliphatic carbocycles. The van der Waals surface area contributed by atoms with Crippen LogP contribution < -0.4 is 10.1 Å². The second-order valence-electron chi connectivity index (χ2n) is 5.68. The van der Waals surface area contributed by atoms with E-state index in [1.165, 1.54) is 11.3 Å². The van der Waals surface area contributed by atoms with Crippen molar-refractivity contribution in [1.29, 1.82) is 0 Å². The molecule has 0 saturated heterocycles. The quantitative estimate of drug-likeness (QED) is 0.528. The summed E-state index contributed by atoms with van der Waals surface area (Å²) in [5.74, 6) is 0.380. The first-order valence-electron chi connectivity index (χ1n) is 7.84. The van der Waals surface area contributed by atoms with Gasteiger partial charge < -0.3 is 4.74 Å². The monoisotopic (exact) mass is 450 g/mol. The molecule has 26 heavy (non-hydrogen) atoms. The number of hydrogen-bond donors (Lipinski definition) is 1. The highest BCUT2D eigenvalue weighted by Gasteiger charge is 2.13. The number of amides is 1. The zero-order chi connectivity index (χ0) is 18.7. The first-order chi connectivity index (χ1) is 12.4. The van der Waals surface area contributed by atoms with Gasteiger partial charge in [-0.1, -0.05) is 39.7 Å². The van der Waals surface area contributed by atoms with E-state index in [0.717, 1.165) is 26.2 Å². The van der Waals surface area contributed by atoms with Crippen LogP contribution in [0.4, 0.5) is 5.13 Å². The Morgan fingerprint density at radius 3 is 2.65 bits per heavy atom. The molecule has 0 atom stereocenters. The lowest BCUT2D eigenvalue weighted by Crippen LogP contribution is -2.20. The molecule has 0 saturated carbocycles. The molecule has 134 valence electrons. The summed E-state index contributed by atoms with van der Waals surface area (Å²) in [6, 6.07) is 13.2. The molecule has 4 nitrogen and oxygen atoms in total. The van der Waals surface area contributed by atoms with Crippen molar-refractivity contribution >= 4 is 49.9 Å². The molecule has 3 aromatic rings. The smallest absolute Gasteiger partial charge is 0.264 e. The van der Waals surface area contributed by atoms with Gasteiger partial charge in [0, 0.05) is 19.9 Å². The Labute approximate surface area is 169 Å². The predicted octanol–water partition coefficient (Wildman–Crippen LogP) is 5.86. The number of nitrogens with one attached hydrogen (secondary N) is 1. The summed E-state index contributed by atoms with van der Waals surface area (Å²) in [7, 11) is 0. The lowest BCUT2D eigenvalue weighted by molar-refractivity contribution is -0.118.